The maximum atomic E-state index is 6.21. The zero-order valence-electron chi connectivity index (χ0n) is 12.5. The maximum Gasteiger partial charge on any atom is 0.122 e. The van der Waals surface area contributed by atoms with Crippen LogP contribution < -0.4 is 10.5 Å². The molecule has 1 aliphatic carbocycles. The summed E-state index contributed by atoms with van der Waals surface area (Å²) in [7, 11) is 0. The van der Waals surface area contributed by atoms with Crippen molar-refractivity contribution in [3.8, 4) is 5.75 Å². The first-order valence-corrected chi connectivity index (χ1v) is 7.63. The molecule has 1 aliphatic rings. The monoisotopic (exact) mass is 261 g/mol. The summed E-state index contributed by atoms with van der Waals surface area (Å²) < 4.78 is 6.21. The van der Waals surface area contributed by atoms with Crippen LogP contribution in [-0.4, -0.2) is 6.10 Å². The van der Waals surface area contributed by atoms with Crippen molar-refractivity contribution < 1.29 is 4.74 Å². The van der Waals surface area contributed by atoms with E-state index in [-0.39, 0.29) is 6.04 Å². The first kappa shape index (κ1) is 14.4. The Morgan fingerprint density at radius 3 is 2.79 bits per heavy atom. The van der Waals surface area contributed by atoms with Crippen LogP contribution in [0.15, 0.2) is 18.2 Å². The highest BCUT2D eigenvalue weighted by Gasteiger charge is 2.22. The van der Waals surface area contributed by atoms with E-state index in [0.29, 0.717) is 6.10 Å². The van der Waals surface area contributed by atoms with E-state index in [1.807, 2.05) is 6.92 Å². The van der Waals surface area contributed by atoms with Crippen LogP contribution in [0.2, 0.25) is 0 Å². The largest absolute Gasteiger partial charge is 0.490 e. The molecule has 0 amide bonds. The van der Waals surface area contributed by atoms with E-state index >= 15 is 0 Å². The predicted octanol–water partition coefficient (Wildman–Crippen LogP) is 4.36. The normalized spacial score (nSPS) is 25.1. The summed E-state index contributed by atoms with van der Waals surface area (Å²) in [4.78, 5) is 0. The van der Waals surface area contributed by atoms with Crippen LogP contribution in [0.5, 0.6) is 5.75 Å². The third kappa shape index (κ3) is 3.73. The number of nitrogens with two attached hydrogens (primary N) is 1. The maximum absolute atomic E-state index is 6.21. The summed E-state index contributed by atoms with van der Waals surface area (Å²) in [5.74, 6) is 1.88. The lowest BCUT2D eigenvalue weighted by Crippen LogP contribution is -2.25. The molecule has 3 atom stereocenters. The van der Waals surface area contributed by atoms with Crippen LogP contribution in [-0.2, 0) is 0 Å². The van der Waals surface area contributed by atoms with Crippen LogP contribution in [0, 0.1) is 12.8 Å². The Morgan fingerprint density at radius 1 is 1.37 bits per heavy atom. The number of aryl methyl sites for hydroxylation is 1. The molecule has 0 spiro atoms. The second-order valence-corrected chi connectivity index (χ2v) is 5.99. The quantitative estimate of drug-likeness (QED) is 0.874. The molecule has 0 saturated heterocycles. The second-order valence-electron chi connectivity index (χ2n) is 5.99. The van der Waals surface area contributed by atoms with Gasteiger partial charge in [0.25, 0.3) is 0 Å². The number of rotatable bonds is 4. The van der Waals surface area contributed by atoms with Gasteiger partial charge in [0.05, 0.1) is 6.10 Å². The fourth-order valence-corrected chi connectivity index (χ4v) is 2.99. The molecule has 106 valence electrons. The van der Waals surface area contributed by atoms with Gasteiger partial charge in [0.15, 0.2) is 0 Å². The molecule has 19 heavy (non-hydrogen) atoms. The van der Waals surface area contributed by atoms with Crippen molar-refractivity contribution in [1.82, 2.24) is 0 Å². The molecule has 0 aliphatic heterocycles. The molecule has 2 N–H and O–H groups in total. The minimum atomic E-state index is 0.0897. The summed E-state index contributed by atoms with van der Waals surface area (Å²) in [6.45, 7) is 6.42. The third-order valence-corrected chi connectivity index (χ3v) is 4.33. The van der Waals surface area contributed by atoms with Gasteiger partial charge < -0.3 is 10.5 Å². The van der Waals surface area contributed by atoms with E-state index in [1.165, 1.54) is 43.2 Å². The van der Waals surface area contributed by atoms with E-state index < -0.39 is 0 Å². The fraction of sp³-hybridized carbons (Fsp3) is 0.647. The standard InChI is InChI=1S/C17H27NO/c1-4-14-6-5-7-16(11-14)19-17-9-8-15(13(3)18)10-12(17)2/h8-10,13-14,16H,4-7,11,18H2,1-3H3/t13-,14?,16?/m0/s1. The summed E-state index contributed by atoms with van der Waals surface area (Å²) in [5, 5.41) is 0. The molecule has 0 aromatic heterocycles. The highest BCUT2D eigenvalue weighted by atomic mass is 16.5. The molecule has 2 heteroatoms. The number of hydrogen-bond donors (Lipinski definition) is 1. The first-order chi connectivity index (χ1) is 9.10. The van der Waals surface area contributed by atoms with Crippen molar-refractivity contribution in [2.75, 3.05) is 0 Å². The molecule has 2 rings (SSSR count). The summed E-state index contributed by atoms with van der Waals surface area (Å²) in [6, 6.07) is 6.42. The molecule has 1 fully saturated rings. The molecule has 1 aromatic rings. The zero-order chi connectivity index (χ0) is 13.8. The minimum absolute atomic E-state index is 0.0897. The number of hydrogen-bond acceptors (Lipinski definition) is 2. The van der Waals surface area contributed by atoms with Crippen molar-refractivity contribution in [2.24, 2.45) is 11.7 Å². The molecule has 0 bridgehead atoms. The van der Waals surface area contributed by atoms with Crippen LogP contribution in [0.3, 0.4) is 0 Å². The SMILES string of the molecule is CCC1CCCC(Oc2ccc([C@H](C)N)cc2C)C1. The molecule has 2 unspecified atom stereocenters. The van der Waals surface area contributed by atoms with Crippen molar-refractivity contribution >= 4 is 0 Å². The summed E-state index contributed by atoms with van der Waals surface area (Å²) in [6.07, 6.45) is 6.77. The average Bonchev–Trinajstić information content (AvgIpc) is 2.41. The Bertz CT molecular complexity index is 414. The highest BCUT2D eigenvalue weighted by molar-refractivity contribution is 5.37. The van der Waals surface area contributed by atoms with Gasteiger partial charge in [0.1, 0.15) is 5.75 Å². The van der Waals surface area contributed by atoms with Gasteiger partial charge in [-0.05, 0) is 56.2 Å². The smallest absolute Gasteiger partial charge is 0.122 e. The third-order valence-electron chi connectivity index (χ3n) is 4.33. The highest BCUT2D eigenvalue weighted by Crippen LogP contribution is 2.31. The van der Waals surface area contributed by atoms with E-state index in [2.05, 4.69) is 32.0 Å². The number of benzene rings is 1. The Balaban J connectivity index is 2.02. The molecule has 1 saturated carbocycles. The van der Waals surface area contributed by atoms with E-state index in [9.17, 15) is 0 Å². The van der Waals surface area contributed by atoms with Gasteiger partial charge in [-0.3, -0.25) is 0 Å². The van der Waals surface area contributed by atoms with Gasteiger partial charge in [0, 0.05) is 6.04 Å². The minimum Gasteiger partial charge on any atom is -0.490 e. The van der Waals surface area contributed by atoms with Crippen LogP contribution in [0.4, 0.5) is 0 Å². The average molecular weight is 261 g/mol. The molecule has 0 heterocycles. The van der Waals surface area contributed by atoms with E-state index in [1.54, 1.807) is 0 Å². The van der Waals surface area contributed by atoms with Gasteiger partial charge in [-0.1, -0.05) is 31.9 Å². The second kappa shape index (κ2) is 6.42. The van der Waals surface area contributed by atoms with Crippen LogP contribution >= 0.6 is 0 Å². The zero-order valence-corrected chi connectivity index (χ0v) is 12.5. The lowest BCUT2D eigenvalue weighted by molar-refractivity contribution is 0.121. The van der Waals surface area contributed by atoms with Crippen molar-refractivity contribution in [3.05, 3.63) is 29.3 Å². The first-order valence-electron chi connectivity index (χ1n) is 7.63. The molecule has 1 aromatic carbocycles. The van der Waals surface area contributed by atoms with Gasteiger partial charge in [-0.2, -0.15) is 0 Å². The van der Waals surface area contributed by atoms with Crippen molar-refractivity contribution in [3.63, 3.8) is 0 Å². The molecular formula is C17H27NO. The Morgan fingerprint density at radius 2 is 2.16 bits per heavy atom. The van der Waals surface area contributed by atoms with Crippen molar-refractivity contribution in [1.29, 1.82) is 0 Å². The Kier molecular flexibility index (Phi) is 4.87. The van der Waals surface area contributed by atoms with Gasteiger partial charge >= 0.3 is 0 Å². The van der Waals surface area contributed by atoms with Crippen LogP contribution in [0.25, 0.3) is 0 Å². The summed E-state index contributed by atoms with van der Waals surface area (Å²) in [5.41, 5.74) is 8.30. The number of ether oxygens (including phenoxy) is 1. The van der Waals surface area contributed by atoms with Crippen LogP contribution in [0.1, 0.15) is 63.1 Å². The Hall–Kier alpha value is -1.02. The summed E-state index contributed by atoms with van der Waals surface area (Å²) >= 11 is 0. The molecular weight excluding hydrogens is 234 g/mol. The molecule has 0 radical (unpaired) electrons. The van der Waals surface area contributed by atoms with E-state index in [0.717, 1.165) is 11.7 Å². The topological polar surface area (TPSA) is 35.2 Å². The lowest BCUT2D eigenvalue weighted by atomic mass is 9.85. The predicted molar refractivity (Wildman–Crippen MR) is 80.4 cm³/mol. The van der Waals surface area contributed by atoms with Gasteiger partial charge in [-0.25, -0.2) is 0 Å². The van der Waals surface area contributed by atoms with Crippen molar-refractivity contribution in [2.45, 2.75) is 65.0 Å². The van der Waals surface area contributed by atoms with Gasteiger partial charge in [0.2, 0.25) is 0 Å². The van der Waals surface area contributed by atoms with E-state index in [4.69, 9.17) is 10.5 Å². The molecule has 2 nitrogen and oxygen atoms in total. The fourth-order valence-electron chi connectivity index (χ4n) is 2.99. The van der Waals surface area contributed by atoms with Gasteiger partial charge in [-0.15, -0.1) is 0 Å². The lowest BCUT2D eigenvalue weighted by Gasteiger charge is -2.29. The Labute approximate surface area is 117 Å².